The van der Waals surface area contributed by atoms with Crippen LogP contribution in [0, 0.1) is 0 Å². The normalized spacial score (nSPS) is 20.8. The molecule has 1 aliphatic heterocycles. The lowest BCUT2D eigenvalue weighted by Gasteiger charge is -2.37. The molecule has 146 valence electrons. The molecule has 1 aromatic carbocycles. The van der Waals surface area contributed by atoms with Gasteiger partial charge in [-0.2, -0.15) is 13.2 Å². The van der Waals surface area contributed by atoms with Crippen molar-refractivity contribution in [1.82, 2.24) is 14.5 Å². The Balaban J connectivity index is 1.85. The van der Waals surface area contributed by atoms with Gasteiger partial charge >= 0.3 is 17.3 Å². The number of hydrogen-bond acceptors (Lipinski definition) is 4. The van der Waals surface area contributed by atoms with Crippen LogP contribution < -0.4 is 11.1 Å². The third-order valence-electron chi connectivity index (χ3n) is 4.31. The van der Waals surface area contributed by atoms with Crippen molar-refractivity contribution in [1.29, 1.82) is 0 Å². The molecule has 0 radical (unpaired) electrons. The lowest BCUT2D eigenvalue weighted by Crippen LogP contribution is -2.52. The van der Waals surface area contributed by atoms with Crippen LogP contribution in [0.15, 0.2) is 33.9 Å². The zero-order valence-corrected chi connectivity index (χ0v) is 14.5. The second-order valence-corrected chi connectivity index (χ2v) is 6.55. The van der Waals surface area contributed by atoms with Gasteiger partial charge < -0.3 is 14.6 Å². The zero-order valence-electron chi connectivity index (χ0n) is 14.5. The Morgan fingerprint density at radius 2 is 1.96 bits per heavy atom. The van der Waals surface area contributed by atoms with Crippen molar-refractivity contribution in [3.05, 3.63) is 45.0 Å². The first-order valence-electron chi connectivity index (χ1n) is 8.36. The minimum absolute atomic E-state index is 0.114. The van der Waals surface area contributed by atoms with Crippen molar-refractivity contribution >= 4 is 16.9 Å². The molecule has 1 N–H and O–H groups in total. The monoisotopic (exact) mass is 385 g/mol. The first-order valence-corrected chi connectivity index (χ1v) is 8.36. The van der Waals surface area contributed by atoms with Crippen LogP contribution in [-0.4, -0.2) is 51.8 Å². The van der Waals surface area contributed by atoms with Gasteiger partial charge in [-0.05, 0) is 19.1 Å². The predicted molar refractivity (Wildman–Crippen MR) is 90.4 cm³/mol. The number of para-hydroxylation sites is 2. The van der Waals surface area contributed by atoms with E-state index in [9.17, 15) is 27.6 Å². The minimum Gasteiger partial charge on any atom is -0.371 e. The van der Waals surface area contributed by atoms with E-state index in [-0.39, 0.29) is 13.1 Å². The second-order valence-electron chi connectivity index (χ2n) is 6.55. The van der Waals surface area contributed by atoms with Crippen LogP contribution in [0.25, 0.3) is 11.0 Å². The van der Waals surface area contributed by atoms with Gasteiger partial charge in [-0.15, -0.1) is 0 Å². The Labute approximate surface area is 151 Å². The number of H-pyrrole nitrogens is 1. The summed E-state index contributed by atoms with van der Waals surface area (Å²) in [5, 5.41) is 0. The SMILES string of the molecule is CC1CN(C(=O)Cn2c(=O)c(=O)[nH]c3ccccc32)CC(CC(F)(F)F)O1. The summed E-state index contributed by atoms with van der Waals surface area (Å²) in [6.45, 7) is 1.04. The number of fused-ring (bicyclic) bond motifs is 1. The molecule has 1 amide bonds. The molecular formula is C17H18F3N3O4. The molecule has 0 saturated carbocycles. The number of carbonyl (C=O) groups excluding carboxylic acids is 1. The van der Waals surface area contributed by atoms with Gasteiger partial charge in [0.25, 0.3) is 0 Å². The number of nitrogens with zero attached hydrogens (tertiary/aromatic N) is 2. The molecule has 1 aromatic heterocycles. The molecule has 0 bridgehead atoms. The number of aromatic amines is 1. The fourth-order valence-electron chi connectivity index (χ4n) is 3.23. The Kier molecular flexibility index (Phi) is 5.09. The number of amides is 1. The highest BCUT2D eigenvalue weighted by Gasteiger charge is 2.37. The van der Waals surface area contributed by atoms with Gasteiger partial charge in [-0.1, -0.05) is 12.1 Å². The molecule has 2 aromatic rings. The summed E-state index contributed by atoms with van der Waals surface area (Å²) in [4.78, 5) is 40.3. The lowest BCUT2D eigenvalue weighted by atomic mass is 10.1. The average Bonchev–Trinajstić information content (AvgIpc) is 2.56. The third-order valence-corrected chi connectivity index (χ3v) is 4.31. The highest BCUT2D eigenvalue weighted by atomic mass is 19.4. The van der Waals surface area contributed by atoms with Crippen LogP contribution >= 0.6 is 0 Å². The summed E-state index contributed by atoms with van der Waals surface area (Å²) >= 11 is 0. The molecule has 10 heteroatoms. The molecule has 2 atom stereocenters. The molecule has 2 unspecified atom stereocenters. The summed E-state index contributed by atoms with van der Waals surface area (Å²) in [5.41, 5.74) is -1.01. The predicted octanol–water partition coefficient (Wildman–Crippen LogP) is 1.26. The van der Waals surface area contributed by atoms with E-state index in [0.717, 1.165) is 4.57 Å². The zero-order chi connectivity index (χ0) is 19.8. The molecule has 0 aliphatic carbocycles. The smallest absolute Gasteiger partial charge is 0.371 e. The number of aromatic nitrogens is 2. The molecule has 3 rings (SSSR count). The quantitative estimate of drug-likeness (QED) is 0.807. The van der Waals surface area contributed by atoms with E-state index in [1.807, 2.05) is 0 Å². The maximum Gasteiger partial charge on any atom is 0.391 e. The fraction of sp³-hybridized carbons (Fsp3) is 0.471. The van der Waals surface area contributed by atoms with E-state index >= 15 is 0 Å². The topological polar surface area (TPSA) is 84.4 Å². The van der Waals surface area contributed by atoms with Crippen LogP contribution in [0.5, 0.6) is 0 Å². The first-order chi connectivity index (χ1) is 12.6. The number of carbonyl (C=O) groups is 1. The number of benzene rings is 1. The standard InChI is InChI=1S/C17H18F3N3O4/c1-10-7-22(8-11(27-10)6-17(18,19)20)14(24)9-23-13-5-3-2-4-12(13)21-15(25)16(23)26/h2-5,10-11H,6-9H2,1H3,(H,21,25). The molecule has 7 nitrogen and oxygen atoms in total. The van der Waals surface area contributed by atoms with E-state index in [1.165, 1.54) is 4.90 Å². The maximum absolute atomic E-state index is 12.6. The lowest BCUT2D eigenvalue weighted by molar-refractivity contribution is -0.184. The minimum atomic E-state index is -4.41. The summed E-state index contributed by atoms with van der Waals surface area (Å²) in [6.07, 6.45) is -7.29. The van der Waals surface area contributed by atoms with Crippen molar-refractivity contribution in [3.8, 4) is 0 Å². The third kappa shape index (κ3) is 4.38. The van der Waals surface area contributed by atoms with Crippen LogP contribution in [-0.2, 0) is 16.1 Å². The maximum atomic E-state index is 12.6. The molecule has 1 saturated heterocycles. The fourth-order valence-corrected chi connectivity index (χ4v) is 3.23. The number of halogens is 3. The van der Waals surface area contributed by atoms with Gasteiger partial charge in [-0.25, -0.2) is 0 Å². The number of rotatable bonds is 3. The number of ether oxygens (including phenoxy) is 1. The van der Waals surface area contributed by atoms with Crippen molar-refractivity contribution in [3.63, 3.8) is 0 Å². The molecule has 0 spiro atoms. The summed E-state index contributed by atoms with van der Waals surface area (Å²) in [5.74, 6) is -0.546. The van der Waals surface area contributed by atoms with Crippen LogP contribution in [0.3, 0.4) is 0 Å². The highest BCUT2D eigenvalue weighted by molar-refractivity contribution is 5.80. The highest BCUT2D eigenvalue weighted by Crippen LogP contribution is 2.26. The Bertz CT molecular complexity index is 966. The van der Waals surface area contributed by atoms with Gasteiger partial charge in [-0.3, -0.25) is 19.0 Å². The molecule has 1 aliphatic rings. The number of morpholine rings is 1. The largest absolute Gasteiger partial charge is 0.391 e. The summed E-state index contributed by atoms with van der Waals surface area (Å²) in [6, 6.07) is 6.49. The summed E-state index contributed by atoms with van der Waals surface area (Å²) < 4.78 is 44.2. The van der Waals surface area contributed by atoms with Crippen molar-refractivity contribution in [2.24, 2.45) is 0 Å². The van der Waals surface area contributed by atoms with E-state index in [0.29, 0.717) is 11.0 Å². The van der Waals surface area contributed by atoms with Gasteiger partial charge in [0.15, 0.2) is 0 Å². The average molecular weight is 385 g/mol. The van der Waals surface area contributed by atoms with Gasteiger partial charge in [0.05, 0.1) is 29.7 Å². The second kappa shape index (κ2) is 7.18. The summed E-state index contributed by atoms with van der Waals surface area (Å²) in [7, 11) is 0. The van der Waals surface area contributed by atoms with E-state index in [4.69, 9.17) is 4.74 Å². The first kappa shape index (κ1) is 19.2. The Morgan fingerprint density at radius 1 is 1.26 bits per heavy atom. The molecular weight excluding hydrogens is 367 g/mol. The van der Waals surface area contributed by atoms with Gasteiger partial charge in [0, 0.05) is 13.1 Å². The Morgan fingerprint density at radius 3 is 2.67 bits per heavy atom. The van der Waals surface area contributed by atoms with Crippen LogP contribution in [0.2, 0.25) is 0 Å². The number of hydrogen-bond donors (Lipinski definition) is 1. The number of alkyl halides is 3. The van der Waals surface area contributed by atoms with Crippen LogP contribution in [0.4, 0.5) is 13.2 Å². The van der Waals surface area contributed by atoms with Gasteiger partial charge in [0.1, 0.15) is 6.54 Å². The molecule has 1 fully saturated rings. The van der Waals surface area contributed by atoms with E-state index in [2.05, 4.69) is 4.98 Å². The number of nitrogens with one attached hydrogen (secondary N) is 1. The molecule has 2 heterocycles. The van der Waals surface area contributed by atoms with Gasteiger partial charge in [0.2, 0.25) is 5.91 Å². The van der Waals surface area contributed by atoms with Crippen molar-refractivity contribution in [2.75, 3.05) is 13.1 Å². The van der Waals surface area contributed by atoms with E-state index in [1.54, 1.807) is 31.2 Å². The Hall–Kier alpha value is -2.62. The van der Waals surface area contributed by atoms with Crippen LogP contribution in [0.1, 0.15) is 13.3 Å². The van der Waals surface area contributed by atoms with Crippen molar-refractivity contribution in [2.45, 2.75) is 38.3 Å². The molecule has 27 heavy (non-hydrogen) atoms. The van der Waals surface area contributed by atoms with E-state index < -0.39 is 48.4 Å². The van der Waals surface area contributed by atoms with Crippen molar-refractivity contribution < 1.29 is 22.7 Å².